The molecule has 0 saturated carbocycles. The standard InChI is InChI=1S/C16H22N2O2S/c1-5-13-10(2)21-16(18-13)9-12(17)11-6-7-14(19-3)15(8-11)20-4/h6-8,12H,5,9,17H2,1-4H3. The summed E-state index contributed by atoms with van der Waals surface area (Å²) in [6.07, 6.45) is 1.70. The molecule has 5 heteroatoms. The maximum absolute atomic E-state index is 6.31. The summed E-state index contributed by atoms with van der Waals surface area (Å²) in [5.41, 5.74) is 8.52. The lowest BCUT2D eigenvalue weighted by Crippen LogP contribution is -2.13. The van der Waals surface area contributed by atoms with Crippen LogP contribution < -0.4 is 15.2 Å². The summed E-state index contributed by atoms with van der Waals surface area (Å²) in [4.78, 5) is 5.94. The number of aryl methyl sites for hydroxylation is 2. The number of benzene rings is 1. The predicted molar refractivity (Wildman–Crippen MR) is 86.4 cm³/mol. The van der Waals surface area contributed by atoms with Crippen LogP contribution in [0.1, 0.15) is 34.1 Å². The highest BCUT2D eigenvalue weighted by Crippen LogP contribution is 2.31. The molecule has 4 nitrogen and oxygen atoms in total. The zero-order valence-electron chi connectivity index (χ0n) is 13.0. The van der Waals surface area contributed by atoms with E-state index in [1.165, 1.54) is 10.6 Å². The van der Waals surface area contributed by atoms with Gasteiger partial charge in [0.25, 0.3) is 0 Å². The number of methoxy groups -OCH3 is 2. The van der Waals surface area contributed by atoms with Crippen molar-refractivity contribution >= 4 is 11.3 Å². The number of hydrogen-bond donors (Lipinski definition) is 1. The molecule has 0 radical (unpaired) electrons. The largest absolute Gasteiger partial charge is 0.493 e. The summed E-state index contributed by atoms with van der Waals surface area (Å²) >= 11 is 1.73. The van der Waals surface area contributed by atoms with E-state index in [1.54, 1.807) is 25.6 Å². The van der Waals surface area contributed by atoms with Crippen molar-refractivity contribution in [3.63, 3.8) is 0 Å². The average molecular weight is 306 g/mol. The van der Waals surface area contributed by atoms with Gasteiger partial charge < -0.3 is 15.2 Å². The number of rotatable bonds is 6. The van der Waals surface area contributed by atoms with E-state index in [-0.39, 0.29) is 6.04 Å². The van der Waals surface area contributed by atoms with E-state index < -0.39 is 0 Å². The predicted octanol–water partition coefficient (Wildman–Crippen LogP) is 3.27. The normalized spacial score (nSPS) is 12.2. The molecule has 1 aromatic heterocycles. The van der Waals surface area contributed by atoms with Crippen LogP contribution in [0.4, 0.5) is 0 Å². The Kier molecular flexibility index (Phi) is 5.20. The van der Waals surface area contributed by atoms with Crippen LogP contribution in [0.25, 0.3) is 0 Å². The fourth-order valence-electron chi connectivity index (χ4n) is 2.29. The molecule has 0 aliphatic carbocycles. The molecule has 1 aromatic carbocycles. The SMILES string of the molecule is CCc1nc(CC(N)c2ccc(OC)c(OC)c2)sc1C. The number of thiazole rings is 1. The summed E-state index contributed by atoms with van der Waals surface area (Å²) in [6, 6.07) is 5.70. The summed E-state index contributed by atoms with van der Waals surface area (Å²) in [5.74, 6) is 1.42. The van der Waals surface area contributed by atoms with Crippen LogP contribution in [0.3, 0.4) is 0 Å². The molecular formula is C16H22N2O2S. The summed E-state index contributed by atoms with van der Waals surface area (Å²) in [5, 5.41) is 1.09. The second-order valence-electron chi connectivity index (χ2n) is 4.89. The van der Waals surface area contributed by atoms with Crippen LogP contribution in [0.15, 0.2) is 18.2 Å². The Balaban J connectivity index is 2.17. The molecule has 0 aliphatic rings. The Labute approximate surface area is 129 Å². The van der Waals surface area contributed by atoms with Gasteiger partial charge in [0.15, 0.2) is 11.5 Å². The van der Waals surface area contributed by atoms with Crippen molar-refractivity contribution in [2.24, 2.45) is 5.73 Å². The first-order chi connectivity index (χ1) is 10.1. The molecule has 0 fully saturated rings. The van der Waals surface area contributed by atoms with Crippen molar-refractivity contribution in [2.45, 2.75) is 32.7 Å². The highest BCUT2D eigenvalue weighted by atomic mass is 32.1. The number of nitrogens with zero attached hydrogens (tertiary/aromatic N) is 1. The molecule has 0 bridgehead atoms. The minimum Gasteiger partial charge on any atom is -0.493 e. The zero-order chi connectivity index (χ0) is 15.4. The van der Waals surface area contributed by atoms with Crippen molar-refractivity contribution in [3.8, 4) is 11.5 Å². The second kappa shape index (κ2) is 6.91. The van der Waals surface area contributed by atoms with Crippen molar-refractivity contribution in [3.05, 3.63) is 39.3 Å². The van der Waals surface area contributed by atoms with Crippen molar-refractivity contribution in [1.82, 2.24) is 4.98 Å². The molecule has 1 unspecified atom stereocenters. The number of nitrogens with two attached hydrogens (primary N) is 1. The van der Waals surface area contributed by atoms with E-state index in [4.69, 9.17) is 15.2 Å². The highest BCUT2D eigenvalue weighted by Gasteiger charge is 2.14. The van der Waals surface area contributed by atoms with Gasteiger partial charge in [-0.2, -0.15) is 0 Å². The van der Waals surface area contributed by atoms with Crippen LogP contribution in [0.5, 0.6) is 11.5 Å². The molecule has 0 amide bonds. The first-order valence-electron chi connectivity index (χ1n) is 7.01. The van der Waals surface area contributed by atoms with E-state index in [0.29, 0.717) is 11.5 Å². The Morgan fingerprint density at radius 1 is 1.24 bits per heavy atom. The number of hydrogen-bond acceptors (Lipinski definition) is 5. The molecule has 2 N–H and O–H groups in total. The minimum atomic E-state index is -0.0972. The maximum Gasteiger partial charge on any atom is 0.161 e. The molecule has 0 saturated heterocycles. The van der Waals surface area contributed by atoms with Crippen molar-refractivity contribution < 1.29 is 9.47 Å². The van der Waals surface area contributed by atoms with Crippen LogP contribution in [0.2, 0.25) is 0 Å². The third-order valence-electron chi connectivity index (χ3n) is 3.50. The third kappa shape index (κ3) is 3.54. The Bertz CT molecular complexity index is 610. The van der Waals surface area contributed by atoms with Crippen LogP contribution in [0, 0.1) is 6.92 Å². The van der Waals surface area contributed by atoms with Gasteiger partial charge in [0.05, 0.1) is 24.9 Å². The van der Waals surface area contributed by atoms with Gasteiger partial charge >= 0.3 is 0 Å². The van der Waals surface area contributed by atoms with Gasteiger partial charge in [-0.1, -0.05) is 13.0 Å². The maximum atomic E-state index is 6.31. The third-order valence-corrected chi connectivity index (χ3v) is 4.54. The van der Waals surface area contributed by atoms with Crippen LogP contribution >= 0.6 is 11.3 Å². The van der Waals surface area contributed by atoms with E-state index in [1.807, 2.05) is 18.2 Å². The lowest BCUT2D eigenvalue weighted by Gasteiger charge is -2.14. The van der Waals surface area contributed by atoms with Gasteiger partial charge in [0, 0.05) is 17.3 Å². The average Bonchev–Trinajstić information content (AvgIpc) is 2.86. The quantitative estimate of drug-likeness (QED) is 0.890. The molecule has 1 heterocycles. The van der Waals surface area contributed by atoms with Crippen molar-refractivity contribution in [2.75, 3.05) is 14.2 Å². The number of ether oxygens (including phenoxy) is 2. The summed E-state index contributed by atoms with van der Waals surface area (Å²) in [6.45, 7) is 4.24. The minimum absolute atomic E-state index is 0.0972. The fourth-order valence-corrected chi connectivity index (χ4v) is 3.37. The molecule has 2 rings (SSSR count). The first kappa shape index (κ1) is 15.8. The van der Waals surface area contributed by atoms with Gasteiger partial charge in [0.1, 0.15) is 0 Å². The fraction of sp³-hybridized carbons (Fsp3) is 0.438. The Morgan fingerprint density at radius 3 is 2.52 bits per heavy atom. The van der Waals surface area contributed by atoms with Gasteiger partial charge in [-0.05, 0) is 31.0 Å². The van der Waals surface area contributed by atoms with Crippen LogP contribution in [-0.4, -0.2) is 19.2 Å². The smallest absolute Gasteiger partial charge is 0.161 e. The van der Waals surface area contributed by atoms with E-state index in [2.05, 4.69) is 18.8 Å². The summed E-state index contributed by atoms with van der Waals surface area (Å²) in [7, 11) is 3.26. The van der Waals surface area contributed by atoms with Gasteiger partial charge in [-0.15, -0.1) is 11.3 Å². The Morgan fingerprint density at radius 2 is 1.95 bits per heavy atom. The van der Waals surface area contributed by atoms with Crippen molar-refractivity contribution in [1.29, 1.82) is 0 Å². The lowest BCUT2D eigenvalue weighted by atomic mass is 10.0. The molecule has 0 aliphatic heterocycles. The van der Waals surface area contributed by atoms with Gasteiger partial charge in [-0.3, -0.25) is 0 Å². The van der Waals surface area contributed by atoms with E-state index >= 15 is 0 Å². The molecular weight excluding hydrogens is 284 g/mol. The molecule has 21 heavy (non-hydrogen) atoms. The Hall–Kier alpha value is -1.59. The zero-order valence-corrected chi connectivity index (χ0v) is 13.8. The topological polar surface area (TPSA) is 57.4 Å². The van der Waals surface area contributed by atoms with E-state index in [0.717, 1.165) is 23.4 Å². The molecule has 114 valence electrons. The first-order valence-corrected chi connectivity index (χ1v) is 7.83. The highest BCUT2D eigenvalue weighted by molar-refractivity contribution is 7.11. The molecule has 1 atom stereocenters. The van der Waals surface area contributed by atoms with Gasteiger partial charge in [0.2, 0.25) is 0 Å². The monoisotopic (exact) mass is 306 g/mol. The van der Waals surface area contributed by atoms with E-state index in [9.17, 15) is 0 Å². The second-order valence-corrected chi connectivity index (χ2v) is 6.18. The summed E-state index contributed by atoms with van der Waals surface area (Å²) < 4.78 is 10.6. The molecule has 0 spiro atoms. The lowest BCUT2D eigenvalue weighted by molar-refractivity contribution is 0.354. The van der Waals surface area contributed by atoms with Gasteiger partial charge in [-0.25, -0.2) is 4.98 Å². The van der Waals surface area contributed by atoms with Crippen LogP contribution in [-0.2, 0) is 12.8 Å². The number of aromatic nitrogens is 1. The molecule has 2 aromatic rings.